The molecule has 112 valence electrons. The number of ether oxygens (including phenoxy) is 1. The van der Waals surface area contributed by atoms with Gasteiger partial charge in [0.05, 0.1) is 13.2 Å². The van der Waals surface area contributed by atoms with Crippen molar-refractivity contribution in [3.63, 3.8) is 0 Å². The highest BCUT2D eigenvalue weighted by Gasteiger charge is 2.17. The van der Waals surface area contributed by atoms with Gasteiger partial charge >= 0.3 is 0 Å². The molecular weight excluding hydrogens is 265 g/mol. The van der Waals surface area contributed by atoms with Crippen LogP contribution in [0.1, 0.15) is 42.1 Å². The molecule has 2 nitrogen and oxygen atoms in total. The van der Waals surface area contributed by atoms with E-state index in [1.807, 2.05) is 0 Å². The molecule has 1 atom stereocenters. The fourth-order valence-electron chi connectivity index (χ4n) is 2.53. The quantitative estimate of drug-likeness (QED) is 0.902. The molecule has 2 aromatic rings. The van der Waals surface area contributed by atoms with E-state index < -0.39 is 6.04 Å². The van der Waals surface area contributed by atoms with E-state index in [0.29, 0.717) is 11.3 Å². The zero-order valence-corrected chi connectivity index (χ0v) is 12.8. The molecule has 0 saturated carbocycles. The summed E-state index contributed by atoms with van der Waals surface area (Å²) in [5, 5.41) is 0. The Bertz CT molecular complexity index is 625. The maximum atomic E-state index is 14.2. The fraction of sp³-hybridized carbons (Fsp3) is 0.333. The lowest BCUT2D eigenvalue weighted by atomic mass is 9.91. The average Bonchev–Trinajstić information content (AvgIpc) is 2.53. The molecule has 0 radical (unpaired) electrons. The molecular formula is C18H22FNO. The van der Waals surface area contributed by atoms with Gasteiger partial charge in [-0.15, -0.1) is 0 Å². The summed E-state index contributed by atoms with van der Waals surface area (Å²) in [6, 6.07) is 10.7. The van der Waals surface area contributed by atoms with Gasteiger partial charge in [0.25, 0.3) is 0 Å². The Balaban J connectivity index is 2.45. The number of hydrogen-bond acceptors (Lipinski definition) is 2. The fourth-order valence-corrected chi connectivity index (χ4v) is 2.53. The summed E-state index contributed by atoms with van der Waals surface area (Å²) in [6.07, 6.45) is 1.82. The van der Waals surface area contributed by atoms with Crippen LogP contribution in [0.15, 0.2) is 36.4 Å². The third kappa shape index (κ3) is 3.24. The van der Waals surface area contributed by atoms with Crippen LogP contribution in [-0.2, 0) is 12.8 Å². The Morgan fingerprint density at radius 1 is 1.05 bits per heavy atom. The van der Waals surface area contributed by atoms with E-state index in [4.69, 9.17) is 10.5 Å². The Labute approximate surface area is 125 Å². The normalized spacial score (nSPS) is 12.2. The molecule has 0 aromatic heterocycles. The van der Waals surface area contributed by atoms with Crippen LogP contribution >= 0.6 is 0 Å². The van der Waals surface area contributed by atoms with E-state index in [-0.39, 0.29) is 5.82 Å². The SMILES string of the molecule is CCc1ccc(CC)c(C(N)c2ccc(OC)cc2F)c1. The Morgan fingerprint density at radius 2 is 1.81 bits per heavy atom. The monoisotopic (exact) mass is 287 g/mol. The first kappa shape index (κ1) is 15.5. The third-order valence-corrected chi connectivity index (χ3v) is 3.88. The van der Waals surface area contributed by atoms with Crippen molar-refractivity contribution in [3.05, 3.63) is 64.5 Å². The highest BCUT2D eigenvalue weighted by Crippen LogP contribution is 2.28. The van der Waals surface area contributed by atoms with Crippen molar-refractivity contribution in [1.29, 1.82) is 0 Å². The van der Waals surface area contributed by atoms with Gasteiger partial charge in [-0.05, 0) is 35.6 Å². The number of rotatable bonds is 5. The van der Waals surface area contributed by atoms with Crippen molar-refractivity contribution < 1.29 is 9.13 Å². The minimum absolute atomic E-state index is 0.328. The van der Waals surface area contributed by atoms with E-state index in [1.54, 1.807) is 12.1 Å². The summed E-state index contributed by atoms with van der Waals surface area (Å²) in [5.74, 6) is 0.173. The first-order chi connectivity index (χ1) is 10.1. The maximum absolute atomic E-state index is 14.2. The second-order valence-electron chi connectivity index (χ2n) is 5.11. The van der Waals surface area contributed by atoms with Crippen LogP contribution in [0, 0.1) is 5.82 Å². The summed E-state index contributed by atoms with van der Waals surface area (Å²) in [7, 11) is 1.52. The average molecular weight is 287 g/mol. The number of hydrogen-bond donors (Lipinski definition) is 1. The van der Waals surface area contributed by atoms with Crippen molar-refractivity contribution in [2.24, 2.45) is 5.73 Å². The zero-order chi connectivity index (χ0) is 15.4. The zero-order valence-electron chi connectivity index (χ0n) is 12.8. The number of benzene rings is 2. The van der Waals surface area contributed by atoms with Crippen molar-refractivity contribution in [2.75, 3.05) is 7.11 Å². The lowest BCUT2D eigenvalue weighted by molar-refractivity contribution is 0.410. The number of methoxy groups -OCH3 is 1. The van der Waals surface area contributed by atoms with Gasteiger partial charge in [0.2, 0.25) is 0 Å². The summed E-state index contributed by atoms with van der Waals surface area (Å²) < 4.78 is 19.3. The minimum Gasteiger partial charge on any atom is -0.497 e. The van der Waals surface area contributed by atoms with Gasteiger partial charge in [-0.25, -0.2) is 4.39 Å². The molecule has 0 aliphatic heterocycles. The first-order valence-corrected chi connectivity index (χ1v) is 7.31. The van der Waals surface area contributed by atoms with Gasteiger partial charge in [0.1, 0.15) is 11.6 Å². The van der Waals surface area contributed by atoms with Crippen molar-refractivity contribution in [1.82, 2.24) is 0 Å². The molecule has 2 rings (SSSR count). The molecule has 1 unspecified atom stereocenters. The molecule has 0 aliphatic carbocycles. The van der Waals surface area contributed by atoms with Gasteiger partial charge < -0.3 is 10.5 Å². The van der Waals surface area contributed by atoms with E-state index in [9.17, 15) is 4.39 Å². The molecule has 0 saturated heterocycles. The number of aryl methyl sites for hydroxylation is 2. The first-order valence-electron chi connectivity index (χ1n) is 7.31. The smallest absolute Gasteiger partial charge is 0.132 e. The van der Waals surface area contributed by atoms with E-state index in [0.717, 1.165) is 24.0 Å². The third-order valence-electron chi connectivity index (χ3n) is 3.88. The van der Waals surface area contributed by atoms with Crippen LogP contribution in [0.5, 0.6) is 5.75 Å². The van der Waals surface area contributed by atoms with E-state index >= 15 is 0 Å². The highest BCUT2D eigenvalue weighted by atomic mass is 19.1. The molecule has 21 heavy (non-hydrogen) atoms. The second kappa shape index (κ2) is 6.72. The summed E-state index contributed by atoms with van der Waals surface area (Å²) in [6.45, 7) is 4.19. The minimum atomic E-state index is -0.461. The molecule has 2 aromatic carbocycles. The predicted octanol–water partition coefficient (Wildman–Crippen LogP) is 4.01. The second-order valence-corrected chi connectivity index (χ2v) is 5.11. The van der Waals surface area contributed by atoms with Gasteiger partial charge in [0, 0.05) is 11.6 Å². The molecule has 2 N–H and O–H groups in total. The predicted molar refractivity (Wildman–Crippen MR) is 84.2 cm³/mol. The van der Waals surface area contributed by atoms with Crippen molar-refractivity contribution >= 4 is 0 Å². The van der Waals surface area contributed by atoms with Gasteiger partial charge in [0.15, 0.2) is 0 Å². The topological polar surface area (TPSA) is 35.2 Å². The largest absolute Gasteiger partial charge is 0.497 e. The van der Waals surface area contributed by atoms with Crippen LogP contribution in [0.25, 0.3) is 0 Å². The van der Waals surface area contributed by atoms with Gasteiger partial charge in [-0.1, -0.05) is 38.1 Å². The van der Waals surface area contributed by atoms with E-state index in [2.05, 4.69) is 32.0 Å². The molecule has 0 fully saturated rings. The molecule has 0 bridgehead atoms. The lowest BCUT2D eigenvalue weighted by Crippen LogP contribution is -2.16. The molecule has 0 heterocycles. The van der Waals surface area contributed by atoms with Crippen LogP contribution in [-0.4, -0.2) is 7.11 Å². The van der Waals surface area contributed by atoms with E-state index in [1.165, 1.54) is 18.7 Å². The van der Waals surface area contributed by atoms with Gasteiger partial charge in [-0.3, -0.25) is 0 Å². The summed E-state index contributed by atoms with van der Waals surface area (Å²) >= 11 is 0. The summed E-state index contributed by atoms with van der Waals surface area (Å²) in [5.41, 5.74) is 10.2. The van der Waals surface area contributed by atoms with Crippen LogP contribution in [0.3, 0.4) is 0 Å². The van der Waals surface area contributed by atoms with Crippen LogP contribution in [0.4, 0.5) is 4.39 Å². The van der Waals surface area contributed by atoms with Crippen molar-refractivity contribution in [2.45, 2.75) is 32.7 Å². The lowest BCUT2D eigenvalue weighted by Gasteiger charge is -2.18. The number of nitrogens with two attached hydrogens (primary N) is 1. The highest BCUT2D eigenvalue weighted by molar-refractivity contribution is 5.41. The van der Waals surface area contributed by atoms with Crippen LogP contribution in [0.2, 0.25) is 0 Å². The molecule has 3 heteroatoms. The maximum Gasteiger partial charge on any atom is 0.132 e. The summed E-state index contributed by atoms with van der Waals surface area (Å²) in [4.78, 5) is 0. The van der Waals surface area contributed by atoms with Crippen LogP contribution < -0.4 is 10.5 Å². The van der Waals surface area contributed by atoms with Gasteiger partial charge in [-0.2, -0.15) is 0 Å². The van der Waals surface area contributed by atoms with Crippen molar-refractivity contribution in [3.8, 4) is 5.75 Å². The molecule has 0 aliphatic rings. The molecule has 0 spiro atoms. The standard InChI is InChI=1S/C18H22FNO/c1-4-12-6-7-13(5-2)16(10-12)18(20)15-9-8-14(21-3)11-17(15)19/h6-11,18H,4-5,20H2,1-3H3. The Morgan fingerprint density at radius 3 is 2.38 bits per heavy atom. The number of halogens is 1. The Kier molecular flexibility index (Phi) is 4.97. The molecule has 0 amide bonds. The Hall–Kier alpha value is -1.87.